The van der Waals surface area contributed by atoms with Gasteiger partial charge in [-0.15, -0.1) is 0 Å². The standard InChI is InChI=1S/C14H20N2O3S2/c17-20-8-5-12(6-9-20)16-21(18,19)14-3-1-2-11-10-15-7-4-13(11)14/h1-3,12,15-16H,4-10H2. The van der Waals surface area contributed by atoms with Gasteiger partial charge in [-0.3, -0.25) is 4.21 Å². The first-order valence-electron chi connectivity index (χ1n) is 7.25. The Bertz CT molecular complexity index is 648. The van der Waals surface area contributed by atoms with Crippen LogP contribution in [0.5, 0.6) is 0 Å². The van der Waals surface area contributed by atoms with Gasteiger partial charge in [-0.05, 0) is 43.0 Å². The molecule has 1 aromatic rings. The molecule has 0 radical (unpaired) electrons. The Morgan fingerprint density at radius 1 is 1.24 bits per heavy atom. The summed E-state index contributed by atoms with van der Waals surface area (Å²) in [7, 11) is -4.27. The smallest absolute Gasteiger partial charge is 0.241 e. The van der Waals surface area contributed by atoms with Crippen LogP contribution in [0.3, 0.4) is 0 Å². The van der Waals surface area contributed by atoms with E-state index in [0.717, 1.165) is 30.6 Å². The molecule has 2 aliphatic rings. The molecule has 1 aromatic carbocycles. The fraction of sp³-hybridized carbons (Fsp3) is 0.571. The van der Waals surface area contributed by atoms with E-state index in [4.69, 9.17) is 0 Å². The number of fused-ring (bicyclic) bond motifs is 1. The molecule has 1 saturated heterocycles. The topological polar surface area (TPSA) is 75.3 Å². The largest absolute Gasteiger partial charge is 0.312 e. The lowest BCUT2D eigenvalue weighted by molar-refractivity contribution is 0.520. The lowest BCUT2D eigenvalue weighted by Crippen LogP contribution is -2.40. The van der Waals surface area contributed by atoms with Gasteiger partial charge in [0.2, 0.25) is 10.0 Å². The number of benzene rings is 1. The molecule has 21 heavy (non-hydrogen) atoms. The van der Waals surface area contributed by atoms with Gasteiger partial charge in [0.25, 0.3) is 0 Å². The second-order valence-corrected chi connectivity index (χ2v) is 8.94. The van der Waals surface area contributed by atoms with E-state index in [1.165, 1.54) is 0 Å². The predicted octanol–water partition coefficient (Wildman–Crippen LogP) is 0.522. The fourth-order valence-corrected chi connectivity index (χ4v) is 5.86. The molecule has 2 aliphatic heterocycles. The SMILES string of the molecule is O=S1CCC(NS(=O)(=O)c2cccc3c2CCNC3)CC1. The number of rotatable bonds is 3. The number of hydrogen-bond acceptors (Lipinski definition) is 4. The number of nitrogens with one attached hydrogen (secondary N) is 2. The molecular weight excluding hydrogens is 308 g/mol. The van der Waals surface area contributed by atoms with Crippen molar-refractivity contribution in [2.45, 2.75) is 36.7 Å². The van der Waals surface area contributed by atoms with Gasteiger partial charge in [-0.25, -0.2) is 13.1 Å². The number of sulfonamides is 1. The Morgan fingerprint density at radius 2 is 2.00 bits per heavy atom. The van der Waals surface area contributed by atoms with Crippen LogP contribution in [0.1, 0.15) is 24.0 Å². The van der Waals surface area contributed by atoms with E-state index in [1.807, 2.05) is 6.07 Å². The first-order chi connectivity index (χ1) is 10.1. The van der Waals surface area contributed by atoms with Crippen molar-refractivity contribution in [3.63, 3.8) is 0 Å². The lowest BCUT2D eigenvalue weighted by atomic mass is 10.0. The molecule has 0 atom stereocenters. The zero-order valence-corrected chi connectivity index (χ0v) is 13.4. The highest BCUT2D eigenvalue weighted by atomic mass is 32.2. The van der Waals surface area contributed by atoms with Gasteiger partial charge in [0, 0.05) is 34.9 Å². The van der Waals surface area contributed by atoms with Crippen LogP contribution in [0.4, 0.5) is 0 Å². The average molecular weight is 328 g/mol. The molecule has 2 heterocycles. The van der Waals surface area contributed by atoms with Gasteiger partial charge in [0.05, 0.1) is 4.90 Å². The van der Waals surface area contributed by atoms with Crippen molar-refractivity contribution in [2.75, 3.05) is 18.1 Å². The molecule has 0 aromatic heterocycles. The Balaban J connectivity index is 1.83. The van der Waals surface area contributed by atoms with E-state index < -0.39 is 20.8 Å². The van der Waals surface area contributed by atoms with Crippen LogP contribution in [0, 0.1) is 0 Å². The first-order valence-corrected chi connectivity index (χ1v) is 10.2. The Hall–Kier alpha value is -0.760. The normalized spacial score (nSPS) is 26.3. The van der Waals surface area contributed by atoms with Crippen molar-refractivity contribution in [3.05, 3.63) is 29.3 Å². The van der Waals surface area contributed by atoms with Crippen LogP contribution in [0.2, 0.25) is 0 Å². The van der Waals surface area contributed by atoms with Gasteiger partial charge < -0.3 is 5.32 Å². The van der Waals surface area contributed by atoms with Crippen molar-refractivity contribution < 1.29 is 12.6 Å². The lowest BCUT2D eigenvalue weighted by Gasteiger charge is -2.25. The van der Waals surface area contributed by atoms with E-state index in [1.54, 1.807) is 12.1 Å². The molecule has 0 unspecified atom stereocenters. The summed E-state index contributed by atoms with van der Waals surface area (Å²) in [6.07, 6.45) is 2.05. The molecular formula is C14H20N2O3S2. The summed E-state index contributed by atoms with van der Waals surface area (Å²) < 4.78 is 39.5. The summed E-state index contributed by atoms with van der Waals surface area (Å²) in [5, 5.41) is 3.26. The summed E-state index contributed by atoms with van der Waals surface area (Å²) in [5.41, 5.74) is 2.00. The Morgan fingerprint density at radius 3 is 2.76 bits per heavy atom. The predicted molar refractivity (Wildman–Crippen MR) is 83.1 cm³/mol. The van der Waals surface area contributed by atoms with Gasteiger partial charge >= 0.3 is 0 Å². The van der Waals surface area contributed by atoms with E-state index in [-0.39, 0.29) is 6.04 Å². The highest BCUT2D eigenvalue weighted by Crippen LogP contribution is 2.23. The Kier molecular flexibility index (Phi) is 4.44. The van der Waals surface area contributed by atoms with Gasteiger partial charge in [0.15, 0.2) is 0 Å². The number of hydrogen-bond donors (Lipinski definition) is 2. The molecule has 0 bridgehead atoms. The minimum atomic E-state index is -3.50. The third kappa shape index (κ3) is 3.36. The molecule has 116 valence electrons. The monoisotopic (exact) mass is 328 g/mol. The average Bonchev–Trinajstić information content (AvgIpc) is 2.49. The zero-order chi connectivity index (χ0) is 14.9. The summed E-state index contributed by atoms with van der Waals surface area (Å²) in [6.45, 7) is 1.53. The third-order valence-electron chi connectivity index (χ3n) is 4.10. The minimum Gasteiger partial charge on any atom is -0.312 e. The van der Waals surface area contributed by atoms with E-state index in [9.17, 15) is 12.6 Å². The summed E-state index contributed by atoms with van der Waals surface area (Å²) in [4.78, 5) is 0.410. The molecule has 0 spiro atoms. The van der Waals surface area contributed by atoms with Crippen molar-refractivity contribution in [1.29, 1.82) is 0 Å². The molecule has 1 fully saturated rings. The maximum absolute atomic E-state index is 12.6. The van der Waals surface area contributed by atoms with E-state index in [0.29, 0.717) is 29.2 Å². The fourth-order valence-electron chi connectivity index (χ4n) is 2.94. The maximum atomic E-state index is 12.6. The molecule has 2 N–H and O–H groups in total. The van der Waals surface area contributed by atoms with Gasteiger partial charge in [-0.1, -0.05) is 12.1 Å². The van der Waals surface area contributed by atoms with Gasteiger partial charge in [-0.2, -0.15) is 0 Å². The summed E-state index contributed by atoms with van der Waals surface area (Å²) in [5.74, 6) is 1.17. The van der Waals surface area contributed by atoms with Crippen LogP contribution < -0.4 is 10.0 Å². The van der Waals surface area contributed by atoms with Crippen molar-refractivity contribution in [3.8, 4) is 0 Å². The third-order valence-corrected chi connectivity index (χ3v) is 7.08. The zero-order valence-electron chi connectivity index (χ0n) is 11.8. The summed E-state index contributed by atoms with van der Waals surface area (Å²) >= 11 is 0. The minimum absolute atomic E-state index is 0.0923. The molecule has 3 rings (SSSR count). The quantitative estimate of drug-likeness (QED) is 0.848. The molecule has 0 amide bonds. The Labute approximate surface area is 128 Å². The van der Waals surface area contributed by atoms with Crippen LogP contribution in [-0.2, 0) is 33.8 Å². The van der Waals surface area contributed by atoms with E-state index in [2.05, 4.69) is 10.0 Å². The van der Waals surface area contributed by atoms with Crippen molar-refractivity contribution in [1.82, 2.24) is 10.0 Å². The molecule has 0 saturated carbocycles. The van der Waals surface area contributed by atoms with E-state index >= 15 is 0 Å². The van der Waals surface area contributed by atoms with Crippen LogP contribution in [-0.4, -0.2) is 36.7 Å². The maximum Gasteiger partial charge on any atom is 0.241 e. The van der Waals surface area contributed by atoms with Crippen molar-refractivity contribution in [2.24, 2.45) is 0 Å². The molecule has 5 nitrogen and oxygen atoms in total. The first kappa shape index (κ1) is 15.1. The van der Waals surface area contributed by atoms with Crippen LogP contribution >= 0.6 is 0 Å². The summed E-state index contributed by atoms with van der Waals surface area (Å²) in [6, 6.07) is 5.37. The second-order valence-electron chi connectivity index (χ2n) is 5.56. The molecule has 7 heteroatoms. The molecule has 0 aliphatic carbocycles. The second kappa shape index (κ2) is 6.16. The van der Waals surface area contributed by atoms with Crippen molar-refractivity contribution >= 4 is 20.8 Å². The highest BCUT2D eigenvalue weighted by molar-refractivity contribution is 7.89. The van der Waals surface area contributed by atoms with Gasteiger partial charge in [0.1, 0.15) is 0 Å². The van der Waals surface area contributed by atoms with Crippen LogP contribution in [0.25, 0.3) is 0 Å². The van der Waals surface area contributed by atoms with Crippen LogP contribution in [0.15, 0.2) is 23.1 Å². The highest BCUT2D eigenvalue weighted by Gasteiger charge is 2.27.